The van der Waals surface area contributed by atoms with Crippen molar-refractivity contribution in [3.8, 4) is 0 Å². The van der Waals surface area contributed by atoms with Gasteiger partial charge in [0.25, 0.3) is 5.91 Å². The molecule has 5 nitrogen and oxygen atoms in total. The van der Waals surface area contributed by atoms with Gasteiger partial charge in [-0.25, -0.2) is 9.97 Å². The van der Waals surface area contributed by atoms with E-state index >= 15 is 0 Å². The second kappa shape index (κ2) is 6.04. The molecule has 1 amide bonds. The molecule has 0 spiro atoms. The van der Waals surface area contributed by atoms with Crippen molar-refractivity contribution >= 4 is 28.3 Å². The van der Waals surface area contributed by atoms with Gasteiger partial charge in [0.2, 0.25) is 0 Å². The van der Waals surface area contributed by atoms with Crippen LogP contribution >= 0.6 is 11.3 Å². The molecule has 2 aromatic heterocycles. The first-order valence-electron chi connectivity index (χ1n) is 7.40. The van der Waals surface area contributed by atoms with Crippen LogP contribution in [-0.4, -0.2) is 32.8 Å². The lowest BCUT2D eigenvalue weighted by Gasteiger charge is -2.24. The highest BCUT2D eigenvalue weighted by Gasteiger charge is 2.23. The molecule has 3 aromatic rings. The van der Waals surface area contributed by atoms with Gasteiger partial charge < -0.3 is 4.90 Å². The summed E-state index contributed by atoms with van der Waals surface area (Å²) in [5, 5.41) is 1.01. The molecule has 6 heteroatoms. The van der Waals surface area contributed by atoms with E-state index in [1.165, 1.54) is 0 Å². The van der Waals surface area contributed by atoms with Crippen LogP contribution in [0.2, 0.25) is 0 Å². The van der Waals surface area contributed by atoms with Crippen molar-refractivity contribution in [2.75, 3.05) is 7.05 Å². The summed E-state index contributed by atoms with van der Waals surface area (Å²) in [6.07, 6.45) is 1.54. The number of hydrogen-bond donors (Lipinski definition) is 0. The van der Waals surface area contributed by atoms with Gasteiger partial charge in [0, 0.05) is 11.9 Å². The second-order valence-electron chi connectivity index (χ2n) is 5.52. The van der Waals surface area contributed by atoms with Crippen LogP contribution in [0.4, 0.5) is 0 Å². The van der Waals surface area contributed by atoms with Crippen LogP contribution in [0.5, 0.6) is 0 Å². The highest BCUT2D eigenvalue weighted by atomic mass is 32.1. The molecule has 0 radical (unpaired) electrons. The monoisotopic (exact) mass is 326 g/mol. The molecular weight excluding hydrogens is 308 g/mol. The first-order valence-corrected chi connectivity index (χ1v) is 8.22. The fraction of sp³-hybridized carbons (Fsp3) is 0.294. The van der Waals surface area contributed by atoms with Gasteiger partial charge in [0.05, 0.1) is 34.0 Å². The van der Waals surface area contributed by atoms with Crippen molar-refractivity contribution in [2.24, 2.45) is 0 Å². The number of nitrogens with zero attached hydrogens (tertiary/aromatic N) is 4. The molecule has 0 aliphatic carbocycles. The van der Waals surface area contributed by atoms with Crippen molar-refractivity contribution in [3.63, 3.8) is 0 Å². The lowest BCUT2D eigenvalue weighted by molar-refractivity contribution is 0.0738. The molecule has 0 aliphatic rings. The highest BCUT2D eigenvalue weighted by Crippen LogP contribution is 2.28. The molecule has 0 bridgehead atoms. The van der Waals surface area contributed by atoms with Crippen LogP contribution in [-0.2, 0) is 0 Å². The summed E-state index contributed by atoms with van der Waals surface area (Å²) in [6.45, 7) is 5.96. The Kier molecular flexibility index (Phi) is 4.09. The van der Waals surface area contributed by atoms with Crippen LogP contribution in [0.25, 0.3) is 11.0 Å². The Bertz CT molecular complexity index is 874. The van der Waals surface area contributed by atoms with E-state index in [1.54, 1.807) is 29.5 Å². The van der Waals surface area contributed by atoms with Gasteiger partial charge >= 0.3 is 0 Å². The van der Waals surface area contributed by atoms with Crippen molar-refractivity contribution in [2.45, 2.75) is 26.8 Å². The molecule has 0 aliphatic heterocycles. The molecule has 1 unspecified atom stereocenters. The van der Waals surface area contributed by atoms with E-state index < -0.39 is 0 Å². The molecule has 3 rings (SSSR count). The van der Waals surface area contributed by atoms with Crippen molar-refractivity contribution in [1.29, 1.82) is 0 Å². The van der Waals surface area contributed by atoms with Crippen molar-refractivity contribution in [3.05, 3.63) is 51.7 Å². The summed E-state index contributed by atoms with van der Waals surface area (Å²) >= 11 is 1.62. The number of aromatic nitrogens is 3. The molecule has 0 N–H and O–H groups in total. The Labute approximate surface area is 139 Å². The minimum absolute atomic E-state index is 0.0537. The first kappa shape index (κ1) is 15.6. The Morgan fingerprint density at radius 1 is 1.17 bits per heavy atom. The first-order chi connectivity index (χ1) is 11.0. The third-order valence-electron chi connectivity index (χ3n) is 3.89. The molecular formula is C17H18N4OS. The van der Waals surface area contributed by atoms with E-state index in [4.69, 9.17) is 0 Å². The van der Waals surface area contributed by atoms with Gasteiger partial charge in [0.1, 0.15) is 5.69 Å². The zero-order valence-corrected chi connectivity index (χ0v) is 14.4. The number of rotatable bonds is 3. The molecule has 1 aromatic carbocycles. The van der Waals surface area contributed by atoms with Crippen molar-refractivity contribution in [1.82, 2.24) is 19.9 Å². The number of thiazole rings is 1. The molecule has 0 saturated heterocycles. The average molecular weight is 326 g/mol. The van der Waals surface area contributed by atoms with E-state index in [2.05, 4.69) is 15.0 Å². The molecule has 118 valence electrons. The number of para-hydroxylation sites is 2. The predicted octanol–water partition coefficient (Wildman–Crippen LogP) is 3.54. The Balaban J connectivity index is 1.89. The minimum atomic E-state index is -0.138. The molecule has 0 fully saturated rings. The summed E-state index contributed by atoms with van der Waals surface area (Å²) in [6, 6.07) is 7.48. The fourth-order valence-corrected chi connectivity index (χ4v) is 3.55. The lowest BCUT2D eigenvalue weighted by Crippen LogP contribution is -2.30. The lowest BCUT2D eigenvalue weighted by atomic mass is 10.2. The predicted molar refractivity (Wildman–Crippen MR) is 91.6 cm³/mol. The van der Waals surface area contributed by atoms with Gasteiger partial charge in [-0.15, -0.1) is 11.3 Å². The topological polar surface area (TPSA) is 59.0 Å². The van der Waals surface area contributed by atoms with Gasteiger partial charge in [-0.2, -0.15) is 0 Å². The number of amides is 1. The third kappa shape index (κ3) is 2.94. The van der Waals surface area contributed by atoms with Gasteiger partial charge in [-0.3, -0.25) is 9.78 Å². The minimum Gasteiger partial charge on any atom is -0.333 e. The number of carbonyl (C=O) groups is 1. The normalized spacial score (nSPS) is 12.3. The number of carbonyl (C=O) groups excluding carboxylic acids is 1. The van der Waals surface area contributed by atoms with Crippen LogP contribution in [0.15, 0.2) is 30.5 Å². The van der Waals surface area contributed by atoms with Crippen molar-refractivity contribution < 1.29 is 4.79 Å². The van der Waals surface area contributed by atoms with E-state index in [1.807, 2.05) is 45.0 Å². The standard InChI is InChI=1S/C17H18N4OS/c1-10-16(23-12(3)19-10)11(2)21(4)17(22)15-9-18-13-7-5-6-8-14(13)20-15/h5-9,11H,1-4H3. The van der Waals surface area contributed by atoms with Gasteiger partial charge in [-0.1, -0.05) is 12.1 Å². The molecule has 0 saturated carbocycles. The van der Waals surface area contributed by atoms with E-state index in [0.717, 1.165) is 26.6 Å². The number of benzene rings is 1. The smallest absolute Gasteiger partial charge is 0.274 e. The zero-order valence-electron chi connectivity index (χ0n) is 13.6. The van der Waals surface area contributed by atoms with E-state index in [0.29, 0.717) is 5.69 Å². The second-order valence-corrected chi connectivity index (χ2v) is 6.75. The van der Waals surface area contributed by atoms with Crippen LogP contribution < -0.4 is 0 Å². The summed E-state index contributed by atoms with van der Waals surface area (Å²) in [5.41, 5.74) is 2.85. The van der Waals surface area contributed by atoms with Gasteiger partial charge in [0.15, 0.2) is 0 Å². The quantitative estimate of drug-likeness (QED) is 0.739. The van der Waals surface area contributed by atoms with Crippen LogP contribution in [0.3, 0.4) is 0 Å². The Morgan fingerprint density at radius 3 is 2.52 bits per heavy atom. The maximum Gasteiger partial charge on any atom is 0.274 e. The number of hydrogen-bond acceptors (Lipinski definition) is 5. The van der Waals surface area contributed by atoms with E-state index in [-0.39, 0.29) is 11.9 Å². The van der Waals surface area contributed by atoms with Crippen LogP contribution in [0, 0.1) is 13.8 Å². The number of aryl methyl sites for hydroxylation is 2. The molecule has 2 heterocycles. The molecule has 23 heavy (non-hydrogen) atoms. The van der Waals surface area contributed by atoms with Crippen LogP contribution in [0.1, 0.15) is 39.0 Å². The maximum absolute atomic E-state index is 12.7. The highest BCUT2D eigenvalue weighted by molar-refractivity contribution is 7.11. The summed E-state index contributed by atoms with van der Waals surface area (Å²) in [7, 11) is 1.79. The third-order valence-corrected chi connectivity index (χ3v) is 5.13. The largest absolute Gasteiger partial charge is 0.333 e. The Morgan fingerprint density at radius 2 is 1.87 bits per heavy atom. The Hall–Kier alpha value is -2.34. The average Bonchev–Trinajstić information content (AvgIpc) is 2.90. The number of fused-ring (bicyclic) bond motifs is 1. The summed E-state index contributed by atoms with van der Waals surface area (Å²) < 4.78 is 0. The summed E-state index contributed by atoms with van der Waals surface area (Å²) in [5.74, 6) is -0.138. The molecule has 1 atom stereocenters. The maximum atomic E-state index is 12.7. The van der Waals surface area contributed by atoms with Gasteiger partial charge in [-0.05, 0) is 32.9 Å². The summed E-state index contributed by atoms with van der Waals surface area (Å²) in [4.78, 5) is 28.7. The zero-order chi connectivity index (χ0) is 16.6. The SMILES string of the molecule is Cc1nc(C)c(C(C)N(C)C(=O)c2cnc3ccccc3n2)s1. The fourth-order valence-electron chi connectivity index (χ4n) is 2.53. The van der Waals surface area contributed by atoms with E-state index in [9.17, 15) is 4.79 Å².